The maximum absolute atomic E-state index is 12.2. The Bertz CT molecular complexity index is 726. The number of anilines is 1. The van der Waals surface area contributed by atoms with Gasteiger partial charge < -0.3 is 14.8 Å². The number of carbonyl (C=O) groups is 1. The largest absolute Gasteiger partial charge is 0.491 e. The van der Waals surface area contributed by atoms with Gasteiger partial charge in [-0.3, -0.25) is 14.9 Å². The molecule has 2 rings (SSSR count). The zero-order valence-electron chi connectivity index (χ0n) is 14.3. The predicted octanol–water partition coefficient (Wildman–Crippen LogP) is 3.79. The zero-order chi connectivity index (χ0) is 18.4. The molecule has 0 aliphatic carbocycles. The van der Waals surface area contributed by atoms with Gasteiger partial charge in [0.2, 0.25) is 0 Å². The molecule has 7 nitrogen and oxygen atoms in total. The first-order valence-corrected chi connectivity index (χ1v) is 7.84. The molecule has 7 heteroatoms. The van der Waals surface area contributed by atoms with E-state index in [-0.39, 0.29) is 17.7 Å². The van der Waals surface area contributed by atoms with Crippen LogP contribution in [0.5, 0.6) is 11.5 Å². The Balaban J connectivity index is 1.92. The second-order valence-electron chi connectivity index (χ2n) is 5.69. The molecule has 0 radical (unpaired) electrons. The van der Waals surface area contributed by atoms with E-state index in [1.165, 1.54) is 24.3 Å². The molecule has 1 amide bonds. The Labute approximate surface area is 145 Å². The van der Waals surface area contributed by atoms with Gasteiger partial charge in [0.15, 0.2) is 6.10 Å². The lowest BCUT2D eigenvalue weighted by Crippen LogP contribution is -2.30. The van der Waals surface area contributed by atoms with Crippen molar-refractivity contribution in [3.63, 3.8) is 0 Å². The van der Waals surface area contributed by atoms with Crippen molar-refractivity contribution in [1.82, 2.24) is 0 Å². The SMILES string of the molecule is CC(C)Oc1ccc(NC(=O)C(C)Oc2ccc([N+](=O)[O-])cc2)cc1. The minimum atomic E-state index is -0.756. The van der Waals surface area contributed by atoms with Gasteiger partial charge >= 0.3 is 0 Å². The summed E-state index contributed by atoms with van der Waals surface area (Å²) in [4.78, 5) is 22.3. The van der Waals surface area contributed by atoms with Crippen molar-refractivity contribution in [2.24, 2.45) is 0 Å². The van der Waals surface area contributed by atoms with Crippen molar-refractivity contribution in [3.05, 3.63) is 58.6 Å². The third-order valence-corrected chi connectivity index (χ3v) is 3.22. The lowest BCUT2D eigenvalue weighted by Gasteiger charge is -2.15. The van der Waals surface area contributed by atoms with E-state index in [1.54, 1.807) is 31.2 Å². The monoisotopic (exact) mass is 344 g/mol. The number of amides is 1. The standard InChI is InChI=1S/C18H20N2O5/c1-12(2)24-16-8-4-14(5-9-16)19-18(21)13(3)25-17-10-6-15(7-11-17)20(22)23/h4-13H,1-3H3,(H,19,21). The highest BCUT2D eigenvalue weighted by Crippen LogP contribution is 2.20. The van der Waals surface area contributed by atoms with Crippen LogP contribution >= 0.6 is 0 Å². The van der Waals surface area contributed by atoms with Crippen molar-refractivity contribution < 1.29 is 19.2 Å². The van der Waals surface area contributed by atoms with Gasteiger partial charge in [0.05, 0.1) is 11.0 Å². The zero-order valence-corrected chi connectivity index (χ0v) is 14.3. The third-order valence-electron chi connectivity index (χ3n) is 3.22. The Hall–Kier alpha value is -3.09. The quantitative estimate of drug-likeness (QED) is 0.609. The number of hydrogen-bond donors (Lipinski definition) is 1. The molecule has 0 fully saturated rings. The average molecular weight is 344 g/mol. The van der Waals surface area contributed by atoms with Crippen LogP contribution < -0.4 is 14.8 Å². The van der Waals surface area contributed by atoms with Crippen LogP contribution in [0.15, 0.2) is 48.5 Å². The van der Waals surface area contributed by atoms with Crippen LogP contribution in [-0.4, -0.2) is 23.0 Å². The second-order valence-corrected chi connectivity index (χ2v) is 5.69. The Morgan fingerprint density at radius 1 is 0.960 bits per heavy atom. The number of nitro groups is 1. The molecule has 0 saturated carbocycles. The summed E-state index contributed by atoms with van der Waals surface area (Å²) in [5.41, 5.74) is 0.591. The number of non-ortho nitro benzene ring substituents is 1. The highest BCUT2D eigenvalue weighted by atomic mass is 16.6. The minimum absolute atomic E-state index is 0.0341. The van der Waals surface area contributed by atoms with Crippen LogP contribution in [0.3, 0.4) is 0 Å². The summed E-state index contributed by atoms with van der Waals surface area (Å²) in [5, 5.41) is 13.4. The molecule has 0 saturated heterocycles. The maximum Gasteiger partial charge on any atom is 0.269 e. The molecular formula is C18H20N2O5. The van der Waals surface area contributed by atoms with Crippen LogP contribution in [0, 0.1) is 10.1 Å². The Kier molecular flexibility index (Phi) is 5.94. The average Bonchev–Trinajstić information content (AvgIpc) is 2.56. The second kappa shape index (κ2) is 8.14. The van der Waals surface area contributed by atoms with E-state index in [0.717, 1.165) is 5.75 Å². The summed E-state index contributed by atoms with van der Waals surface area (Å²) in [6.45, 7) is 5.48. The summed E-state index contributed by atoms with van der Waals surface area (Å²) in [5.74, 6) is 0.785. The molecule has 132 valence electrons. The predicted molar refractivity (Wildman–Crippen MR) is 94.0 cm³/mol. The van der Waals surface area contributed by atoms with Crippen molar-refractivity contribution in [1.29, 1.82) is 0 Å². The Morgan fingerprint density at radius 3 is 2.00 bits per heavy atom. The minimum Gasteiger partial charge on any atom is -0.491 e. The van der Waals surface area contributed by atoms with E-state index in [4.69, 9.17) is 9.47 Å². The summed E-state index contributed by atoms with van der Waals surface area (Å²) in [6.07, 6.45) is -0.677. The number of nitro benzene ring substituents is 1. The van der Waals surface area contributed by atoms with E-state index in [2.05, 4.69) is 5.32 Å². The van der Waals surface area contributed by atoms with Gasteiger partial charge in [-0.25, -0.2) is 0 Å². The lowest BCUT2D eigenvalue weighted by molar-refractivity contribution is -0.384. The fourth-order valence-corrected chi connectivity index (χ4v) is 2.04. The summed E-state index contributed by atoms with van der Waals surface area (Å²) < 4.78 is 11.0. The molecule has 1 unspecified atom stereocenters. The van der Waals surface area contributed by atoms with Crippen LogP contribution in [0.2, 0.25) is 0 Å². The van der Waals surface area contributed by atoms with E-state index in [1.807, 2.05) is 13.8 Å². The molecule has 0 aliphatic heterocycles. The topological polar surface area (TPSA) is 90.7 Å². The Morgan fingerprint density at radius 2 is 1.48 bits per heavy atom. The number of carbonyl (C=O) groups excluding carboxylic acids is 1. The van der Waals surface area contributed by atoms with Crippen LogP contribution in [0.1, 0.15) is 20.8 Å². The molecule has 25 heavy (non-hydrogen) atoms. The highest BCUT2D eigenvalue weighted by molar-refractivity contribution is 5.94. The fourth-order valence-electron chi connectivity index (χ4n) is 2.04. The first kappa shape index (κ1) is 18.3. The van der Waals surface area contributed by atoms with E-state index < -0.39 is 11.0 Å². The molecular weight excluding hydrogens is 324 g/mol. The lowest BCUT2D eigenvalue weighted by atomic mass is 10.2. The summed E-state index contributed by atoms with van der Waals surface area (Å²) in [7, 11) is 0. The van der Waals surface area contributed by atoms with E-state index in [9.17, 15) is 14.9 Å². The van der Waals surface area contributed by atoms with E-state index in [0.29, 0.717) is 11.4 Å². The normalized spacial score (nSPS) is 11.7. The van der Waals surface area contributed by atoms with E-state index >= 15 is 0 Å². The van der Waals surface area contributed by atoms with Crippen LogP contribution in [0.25, 0.3) is 0 Å². The molecule has 2 aromatic carbocycles. The third kappa shape index (κ3) is 5.49. The molecule has 1 N–H and O–H groups in total. The number of nitrogens with zero attached hydrogens (tertiary/aromatic N) is 1. The molecule has 0 heterocycles. The molecule has 0 bridgehead atoms. The van der Waals surface area contributed by atoms with Gasteiger partial charge in [0, 0.05) is 17.8 Å². The summed E-state index contributed by atoms with van der Waals surface area (Å²) in [6, 6.07) is 12.6. The molecule has 0 aromatic heterocycles. The van der Waals surface area contributed by atoms with Crippen molar-refractivity contribution in [3.8, 4) is 11.5 Å². The first-order chi connectivity index (χ1) is 11.8. The highest BCUT2D eigenvalue weighted by Gasteiger charge is 2.15. The molecule has 2 aromatic rings. The number of rotatable bonds is 7. The first-order valence-electron chi connectivity index (χ1n) is 7.84. The number of benzene rings is 2. The van der Waals surface area contributed by atoms with Crippen molar-refractivity contribution in [2.75, 3.05) is 5.32 Å². The van der Waals surface area contributed by atoms with Crippen molar-refractivity contribution >= 4 is 17.3 Å². The smallest absolute Gasteiger partial charge is 0.269 e. The fraction of sp³-hybridized carbons (Fsp3) is 0.278. The number of nitrogens with one attached hydrogen (secondary N) is 1. The molecule has 0 aliphatic rings. The summed E-state index contributed by atoms with van der Waals surface area (Å²) >= 11 is 0. The van der Waals surface area contributed by atoms with Gasteiger partial charge in [0.25, 0.3) is 11.6 Å². The molecule has 1 atom stereocenters. The van der Waals surface area contributed by atoms with Gasteiger partial charge in [0.1, 0.15) is 11.5 Å². The maximum atomic E-state index is 12.2. The van der Waals surface area contributed by atoms with Gasteiger partial charge in [-0.05, 0) is 57.2 Å². The van der Waals surface area contributed by atoms with Crippen LogP contribution in [0.4, 0.5) is 11.4 Å². The van der Waals surface area contributed by atoms with Crippen molar-refractivity contribution in [2.45, 2.75) is 33.0 Å². The van der Waals surface area contributed by atoms with Gasteiger partial charge in [-0.15, -0.1) is 0 Å². The van der Waals surface area contributed by atoms with Gasteiger partial charge in [-0.2, -0.15) is 0 Å². The number of ether oxygens (including phenoxy) is 2. The number of hydrogen-bond acceptors (Lipinski definition) is 5. The van der Waals surface area contributed by atoms with Gasteiger partial charge in [-0.1, -0.05) is 0 Å². The molecule has 0 spiro atoms. The van der Waals surface area contributed by atoms with Crippen LogP contribution in [-0.2, 0) is 4.79 Å².